The van der Waals surface area contributed by atoms with Gasteiger partial charge in [-0.25, -0.2) is 9.97 Å². The fourth-order valence-electron chi connectivity index (χ4n) is 1.35. The lowest BCUT2D eigenvalue weighted by Gasteiger charge is -2.22. The number of nitrogens with one attached hydrogen (secondary N) is 1. The average molecular weight is 229 g/mol. The van der Waals surface area contributed by atoms with Crippen molar-refractivity contribution in [3.05, 3.63) is 17.5 Å². The van der Waals surface area contributed by atoms with E-state index < -0.39 is 0 Å². The van der Waals surface area contributed by atoms with Crippen molar-refractivity contribution in [1.29, 1.82) is 0 Å². The van der Waals surface area contributed by atoms with Crippen molar-refractivity contribution in [3.8, 4) is 0 Å². The first kappa shape index (κ1) is 12.2. The van der Waals surface area contributed by atoms with Crippen LogP contribution in [0, 0.1) is 5.92 Å². The Morgan fingerprint density at radius 3 is 2.80 bits per heavy atom. The molecule has 0 bridgehead atoms. The van der Waals surface area contributed by atoms with Crippen LogP contribution < -0.4 is 11.1 Å². The van der Waals surface area contributed by atoms with Gasteiger partial charge in [-0.1, -0.05) is 25.4 Å². The molecule has 0 aliphatic carbocycles. The molecule has 15 heavy (non-hydrogen) atoms. The van der Waals surface area contributed by atoms with E-state index in [1.807, 2.05) is 0 Å². The molecular formula is C10H17ClN4. The summed E-state index contributed by atoms with van der Waals surface area (Å²) in [4.78, 5) is 7.92. The molecule has 0 aromatic carbocycles. The molecule has 4 nitrogen and oxygen atoms in total. The molecule has 0 saturated carbocycles. The number of aromatic nitrogens is 2. The number of anilines is 1. The molecule has 0 radical (unpaired) electrons. The summed E-state index contributed by atoms with van der Waals surface area (Å²) in [5.41, 5.74) is 5.55. The minimum absolute atomic E-state index is 0.294. The van der Waals surface area contributed by atoms with Crippen LogP contribution in [0.4, 0.5) is 5.82 Å². The first-order chi connectivity index (χ1) is 7.15. The molecule has 0 spiro atoms. The predicted molar refractivity (Wildman–Crippen MR) is 63.0 cm³/mol. The van der Waals surface area contributed by atoms with Gasteiger partial charge >= 0.3 is 0 Å². The van der Waals surface area contributed by atoms with E-state index in [1.54, 1.807) is 6.20 Å². The Hall–Kier alpha value is -0.870. The molecule has 1 aromatic rings. The number of nitrogens with two attached hydrogens (primary N) is 1. The lowest BCUT2D eigenvalue weighted by Crippen LogP contribution is -2.29. The predicted octanol–water partition coefficient (Wildman–Crippen LogP) is 1.92. The van der Waals surface area contributed by atoms with Gasteiger partial charge in [-0.05, 0) is 18.9 Å². The van der Waals surface area contributed by atoms with Crippen molar-refractivity contribution < 1.29 is 0 Å². The molecule has 0 fully saturated rings. The second-order valence-electron chi connectivity index (χ2n) is 3.79. The summed E-state index contributed by atoms with van der Waals surface area (Å²) < 4.78 is 0. The molecule has 0 saturated heterocycles. The molecule has 3 N–H and O–H groups in total. The summed E-state index contributed by atoms with van der Waals surface area (Å²) in [5, 5.41) is 3.83. The van der Waals surface area contributed by atoms with Crippen molar-refractivity contribution in [1.82, 2.24) is 9.97 Å². The van der Waals surface area contributed by atoms with E-state index in [0.29, 0.717) is 29.3 Å². The van der Waals surface area contributed by atoms with Gasteiger partial charge in [0.1, 0.15) is 17.2 Å². The molecule has 1 unspecified atom stereocenters. The smallest absolute Gasteiger partial charge is 0.148 e. The summed E-state index contributed by atoms with van der Waals surface area (Å²) in [5.74, 6) is 1.17. The quantitative estimate of drug-likeness (QED) is 0.808. The van der Waals surface area contributed by atoms with Gasteiger partial charge in [0, 0.05) is 6.04 Å². The van der Waals surface area contributed by atoms with Gasteiger partial charge in [0.25, 0.3) is 0 Å². The highest BCUT2D eigenvalue weighted by Crippen LogP contribution is 2.20. The Morgan fingerprint density at radius 1 is 1.53 bits per heavy atom. The number of hydrogen-bond acceptors (Lipinski definition) is 4. The van der Waals surface area contributed by atoms with Crippen LogP contribution >= 0.6 is 11.6 Å². The van der Waals surface area contributed by atoms with Gasteiger partial charge in [-0.2, -0.15) is 0 Å². The normalized spacial score (nSPS) is 12.9. The first-order valence-corrected chi connectivity index (χ1v) is 5.45. The van der Waals surface area contributed by atoms with E-state index in [1.165, 1.54) is 6.33 Å². The Kier molecular flexibility index (Phi) is 4.78. The maximum atomic E-state index is 5.95. The Labute approximate surface area is 95.3 Å². The van der Waals surface area contributed by atoms with Crippen molar-refractivity contribution in [2.24, 2.45) is 11.7 Å². The van der Waals surface area contributed by atoms with Crippen molar-refractivity contribution in [3.63, 3.8) is 0 Å². The monoisotopic (exact) mass is 228 g/mol. The van der Waals surface area contributed by atoms with Crippen LogP contribution in [0.5, 0.6) is 0 Å². The number of hydrogen-bond donors (Lipinski definition) is 2. The molecule has 1 aromatic heterocycles. The maximum absolute atomic E-state index is 5.95. The third kappa shape index (κ3) is 3.64. The van der Waals surface area contributed by atoms with Gasteiger partial charge < -0.3 is 11.1 Å². The highest BCUT2D eigenvalue weighted by molar-refractivity contribution is 6.32. The van der Waals surface area contributed by atoms with E-state index in [9.17, 15) is 0 Å². The van der Waals surface area contributed by atoms with Gasteiger partial charge in [0.05, 0.1) is 6.20 Å². The Morgan fingerprint density at radius 2 is 2.27 bits per heavy atom. The SMILES string of the molecule is CC(C)C(CCN)Nc1ncncc1Cl. The van der Waals surface area contributed by atoms with E-state index in [2.05, 4.69) is 29.1 Å². The summed E-state index contributed by atoms with van der Waals surface area (Å²) in [6.07, 6.45) is 3.96. The summed E-state index contributed by atoms with van der Waals surface area (Å²) in [7, 11) is 0. The second-order valence-corrected chi connectivity index (χ2v) is 4.20. The molecule has 1 rings (SSSR count). The molecular weight excluding hydrogens is 212 g/mol. The van der Waals surface area contributed by atoms with E-state index in [4.69, 9.17) is 17.3 Å². The largest absolute Gasteiger partial charge is 0.366 e. The number of halogens is 1. The topological polar surface area (TPSA) is 63.8 Å². The Balaban J connectivity index is 2.69. The molecule has 5 heteroatoms. The maximum Gasteiger partial charge on any atom is 0.148 e. The van der Waals surface area contributed by atoms with Gasteiger partial charge in [-0.3, -0.25) is 0 Å². The lowest BCUT2D eigenvalue weighted by atomic mass is 10.0. The average Bonchev–Trinajstić information content (AvgIpc) is 2.20. The minimum Gasteiger partial charge on any atom is -0.366 e. The lowest BCUT2D eigenvalue weighted by molar-refractivity contribution is 0.497. The summed E-state index contributed by atoms with van der Waals surface area (Å²) >= 11 is 5.95. The minimum atomic E-state index is 0.294. The third-order valence-corrected chi connectivity index (χ3v) is 2.55. The molecule has 0 aliphatic heterocycles. The van der Waals surface area contributed by atoms with E-state index in [-0.39, 0.29) is 0 Å². The van der Waals surface area contributed by atoms with Gasteiger partial charge in [0.15, 0.2) is 0 Å². The van der Waals surface area contributed by atoms with Crippen molar-refractivity contribution in [2.75, 3.05) is 11.9 Å². The molecule has 0 amide bonds. The van der Waals surface area contributed by atoms with Crippen LogP contribution in [0.1, 0.15) is 20.3 Å². The fraction of sp³-hybridized carbons (Fsp3) is 0.600. The molecule has 0 aliphatic rings. The van der Waals surface area contributed by atoms with Crippen LogP contribution in [-0.4, -0.2) is 22.6 Å². The van der Waals surface area contributed by atoms with E-state index in [0.717, 1.165) is 6.42 Å². The molecule has 1 heterocycles. The third-order valence-electron chi connectivity index (χ3n) is 2.27. The van der Waals surface area contributed by atoms with Crippen molar-refractivity contribution in [2.45, 2.75) is 26.3 Å². The highest BCUT2D eigenvalue weighted by atomic mass is 35.5. The van der Waals surface area contributed by atoms with Crippen molar-refractivity contribution >= 4 is 17.4 Å². The van der Waals surface area contributed by atoms with Gasteiger partial charge in [0.2, 0.25) is 0 Å². The first-order valence-electron chi connectivity index (χ1n) is 5.07. The van der Waals surface area contributed by atoms with E-state index >= 15 is 0 Å². The fourth-order valence-corrected chi connectivity index (χ4v) is 1.51. The van der Waals surface area contributed by atoms with Crippen LogP contribution in [0.15, 0.2) is 12.5 Å². The summed E-state index contributed by atoms with van der Waals surface area (Å²) in [6.45, 7) is 4.93. The zero-order valence-corrected chi connectivity index (χ0v) is 9.83. The van der Waals surface area contributed by atoms with Gasteiger partial charge in [-0.15, -0.1) is 0 Å². The molecule has 1 atom stereocenters. The molecule has 84 valence electrons. The summed E-state index contributed by atoms with van der Waals surface area (Å²) in [6, 6.07) is 0.294. The number of rotatable bonds is 5. The van der Waals surface area contributed by atoms with Crippen LogP contribution in [-0.2, 0) is 0 Å². The standard InChI is InChI=1S/C10H17ClN4/c1-7(2)9(3-4-12)15-10-8(11)5-13-6-14-10/h5-7,9H,3-4,12H2,1-2H3,(H,13,14,15). The number of nitrogens with zero attached hydrogens (tertiary/aromatic N) is 2. The highest BCUT2D eigenvalue weighted by Gasteiger charge is 2.14. The second kappa shape index (κ2) is 5.88. The Bertz CT molecular complexity index is 303. The zero-order valence-electron chi connectivity index (χ0n) is 9.07. The van der Waals surface area contributed by atoms with Crippen LogP contribution in [0.25, 0.3) is 0 Å². The van der Waals surface area contributed by atoms with Crippen LogP contribution in [0.3, 0.4) is 0 Å². The van der Waals surface area contributed by atoms with Crippen LogP contribution in [0.2, 0.25) is 5.02 Å². The zero-order chi connectivity index (χ0) is 11.3.